The lowest BCUT2D eigenvalue weighted by atomic mass is 9.75. The van der Waals surface area contributed by atoms with Gasteiger partial charge in [-0.3, -0.25) is 4.79 Å². The van der Waals surface area contributed by atoms with Crippen LogP contribution in [-0.2, 0) is 4.79 Å². The number of piperidine rings is 2. The summed E-state index contributed by atoms with van der Waals surface area (Å²) in [6.07, 6.45) is 5.60. The highest BCUT2D eigenvalue weighted by Crippen LogP contribution is 2.39. The Morgan fingerprint density at radius 2 is 1.93 bits per heavy atom. The molecule has 0 spiro atoms. The fourth-order valence-corrected chi connectivity index (χ4v) is 5.10. The molecule has 2 atom stereocenters. The van der Waals surface area contributed by atoms with Gasteiger partial charge in [0.2, 0.25) is 11.9 Å². The Balaban J connectivity index is 1.51. The van der Waals surface area contributed by atoms with Gasteiger partial charge in [0.1, 0.15) is 5.02 Å². The Kier molecular flexibility index (Phi) is 4.93. The summed E-state index contributed by atoms with van der Waals surface area (Å²) in [6.45, 7) is 4.34. The molecule has 0 bridgehead atoms. The molecule has 27 heavy (non-hydrogen) atoms. The van der Waals surface area contributed by atoms with Gasteiger partial charge in [-0.15, -0.1) is 0 Å². The lowest BCUT2D eigenvalue weighted by molar-refractivity contribution is -0.145. The number of aliphatic hydroxyl groups is 1. The highest BCUT2D eigenvalue weighted by Gasteiger charge is 2.47. The van der Waals surface area contributed by atoms with Gasteiger partial charge < -0.3 is 20.6 Å². The molecule has 1 aliphatic carbocycles. The summed E-state index contributed by atoms with van der Waals surface area (Å²) in [4.78, 5) is 25.3. The Morgan fingerprint density at radius 1 is 1.22 bits per heavy atom. The monoisotopic (exact) mass is 393 g/mol. The third-order valence-electron chi connectivity index (χ3n) is 6.60. The summed E-state index contributed by atoms with van der Waals surface area (Å²) >= 11 is 6.42. The molecule has 0 radical (unpaired) electrons. The van der Waals surface area contributed by atoms with Crippen molar-refractivity contribution in [2.24, 2.45) is 11.8 Å². The Hall–Kier alpha value is -1.60. The van der Waals surface area contributed by atoms with Gasteiger partial charge in [0.15, 0.2) is 5.82 Å². The van der Waals surface area contributed by atoms with Crippen LogP contribution in [0, 0.1) is 18.8 Å². The first-order valence-corrected chi connectivity index (χ1v) is 10.3. The maximum Gasteiger partial charge on any atom is 0.225 e. The summed E-state index contributed by atoms with van der Waals surface area (Å²) in [6, 6.07) is 0. The molecule has 148 valence electrons. The second-order valence-electron chi connectivity index (χ2n) is 8.32. The van der Waals surface area contributed by atoms with Crippen molar-refractivity contribution in [3.05, 3.63) is 10.7 Å². The van der Waals surface area contributed by atoms with Crippen molar-refractivity contribution in [1.29, 1.82) is 0 Å². The molecule has 1 amide bonds. The molecule has 1 saturated carbocycles. The van der Waals surface area contributed by atoms with Gasteiger partial charge >= 0.3 is 0 Å². The van der Waals surface area contributed by atoms with E-state index >= 15 is 0 Å². The number of hydrogen-bond acceptors (Lipinski definition) is 6. The summed E-state index contributed by atoms with van der Waals surface area (Å²) in [7, 11) is 0. The van der Waals surface area contributed by atoms with Gasteiger partial charge in [-0.2, -0.15) is 4.98 Å². The zero-order valence-corrected chi connectivity index (χ0v) is 16.6. The maximum absolute atomic E-state index is 12.8. The summed E-state index contributed by atoms with van der Waals surface area (Å²) in [5, 5.41) is 11.6. The third-order valence-corrected chi connectivity index (χ3v) is 7.05. The third kappa shape index (κ3) is 3.47. The quantitative estimate of drug-likeness (QED) is 0.797. The first kappa shape index (κ1) is 18.7. The van der Waals surface area contributed by atoms with Crippen LogP contribution >= 0.6 is 11.6 Å². The first-order valence-electron chi connectivity index (χ1n) is 9.93. The molecule has 1 aromatic heterocycles. The number of nitrogens with two attached hydrogens (primary N) is 1. The van der Waals surface area contributed by atoms with E-state index in [2.05, 4.69) is 14.9 Å². The van der Waals surface area contributed by atoms with Gasteiger partial charge in [-0.1, -0.05) is 24.4 Å². The molecule has 0 unspecified atom stereocenters. The number of aromatic nitrogens is 2. The molecule has 3 heterocycles. The largest absolute Gasteiger partial charge is 0.389 e. The van der Waals surface area contributed by atoms with Crippen LogP contribution in [-0.4, -0.2) is 57.7 Å². The van der Waals surface area contributed by atoms with Gasteiger partial charge in [0.05, 0.1) is 11.3 Å². The van der Waals surface area contributed by atoms with Gasteiger partial charge in [0, 0.05) is 38.0 Å². The number of rotatable bonds is 2. The number of nitrogen functional groups attached to an aromatic ring is 1. The predicted octanol–water partition coefficient (Wildman–Crippen LogP) is 2.00. The number of carbonyl (C=O) groups is 1. The van der Waals surface area contributed by atoms with Crippen molar-refractivity contribution in [2.45, 2.75) is 51.0 Å². The molecule has 3 fully saturated rings. The average Bonchev–Trinajstić information content (AvgIpc) is 3.18. The van der Waals surface area contributed by atoms with Crippen molar-refractivity contribution in [3.8, 4) is 0 Å². The van der Waals surface area contributed by atoms with Crippen molar-refractivity contribution in [1.82, 2.24) is 14.9 Å². The number of hydrogen-bond donors (Lipinski definition) is 2. The molecule has 3 N–H and O–H groups in total. The van der Waals surface area contributed by atoms with Crippen molar-refractivity contribution in [2.75, 3.05) is 36.8 Å². The Labute approximate surface area is 164 Å². The number of anilines is 2. The van der Waals surface area contributed by atoms with Crippen LogP contribution in [0.3, 0.4) is 0 Å². The van der Waals surface area contributed by atoms with Crippen molar-refractivity contribution in [3.63, 3.8) is 0 Å². The van der Waals surface area contributed by atoms with Gasteiger partial charge in [-0.25, -0.2) is 4.98 Å². The highest BCUT2D eigenvalue weighted by molar-refractivity contribution is 6.33. The Morgan fingerprint density at radius 3 is 2.67 bits per heavy atom. The number of nitrogens with zero attached hydrogens (tertiary/aromatic N) is 4. The van der Waals surface area contributed by atoms with Crippen LogP contribution in [0.25, 0.3) is 0 Å². The van der Waals surface area contributed by atoms with Crippen LogP contribution in [0.2, 0.25) is 5.02 Å². The molecule has 2 saturated heterocycles. The van der Waals surface area contributed by atoms with E-state index in [0.717, 1.165) is 25.7 Å². The topological polar surface area (TPSA) is 95.6 Å². The molecular weight excluding hydrogens is 366 g/mol. The summed E-state index contributed by atoms with van der Waals surface area (Å²) in [5.41, 5.74) is 5.75. The molecule has 0 aromatic carbocycles. The molecule has 3 aliphatic rings. The standard InChI is InChI=1S/C19H28ClN5O2/c1-12-15(20)16(23-18(21)22-12)24-8-6-19(27)7-9-25(11-14(19)10-24)17(26)13-4-2-3-5-13/h13-14,27H,2-11H2,1H3,(H2,21,22,23)/t14-,19-/m1/s1. The minimum absolute atomic E-state index is 0.0158. The average molecular weight is 394 g/mol. The van der Waals surface area contributed by atoms with Crippen LogP contribution in [0.15, 0.2) is 0 Å². The highest BCUT2D eigenvalue weighted by atomic mass is 35.5. The normalized spacial score (nSPS) is 29.1. The zero-order chi connectivity index (χ0) is 19.2. The van der Waals surface area contributed by atoms with Crippen molar-refractivity contribution >= 4 is 29.3 Å². The number of likely N-dealkylation sites (tertiary alicyclic amines) is 1. The molecular formula is C19H28ClN5O2. The predicted molar refractivity (Wildman–Crippen MR) is 105 cm³/mol. The van der Waals surface area contributed by atoms with Crippen LogP contribution in [0.5, 0.6) is 0 Å². The van der Waals surface area contributed by atoms with Crippen molar-refractivity contribution < 1.29 is 9.90 Å². The number of carbonyl (C=O) groups excluding carboxylic acids is 1. The fourth-order valence-electron chi connectivity index (χ4n) is 4.90. The minimum atomic E-state index is -0.719. The summed E-state index contributed by atoms with van der Waals surface area (Å²) in [5.74, 6) is 1.26. The van der Waals surface area contributed by atoms with E-state index in [9.17, 15) is 9.90 Å². The van der Waals surface area contributed by atoms with E-state index in [1.807, 2.05) is 11.8 Å². The summed E-state index contributed by atoms with van der Waals surface area (Å²) < 4.78 is 0. The van der Waals surface area contributed by atoms with E-state index in [1.165, 1.54) is 0 Å². The van der Waals surface area contributed by atoms with Gasteiger partial charge in [0.25, 0.3) is 0 Å². The smallest absolute Gasteiger partial charge is 0.225 e. The maximum atomic E-state index is 12.8. The number of amides is 1. The van der Waals surface area contributed by atoms with E-state index in [-0.39, 0.29) is 23.7 Å². The van der Waals surface area contributed by atoms with E-state index in [1.54, 1.807) is 0 Å². The molecule has 1 aromatic rings. The Bertz CT molecular complexity index is 739. The van der Waals surface area contributed by atoms with Crippen LogP contribution in [0.1, 0.15) is 44.2 Å². The zero-order valence-electron chi connectivity index (χ0n) is 15.8. The fraction of sp³-hybridized carbons (Fsp3) is 0.737. The second-order valence-corrected chi connectivity index (χ2v) is 8.69. The number of aryl methyl sites for hydroxylation is 1. The minimum Gasteiger partial charge on any atom is -0.389 e. The second kappa shape index (κ2) is 7.09. The SMILES string of the molecule is Cc1nc(N)nc(N2CC[C@@]3(O)CCN(C(=O)C4CCCC4)C[C@H]3C2)c1Cl. The van der Waals surface area contributed by atoms with E-state index in [4.69, 9.17) is 17.3 Å². The van der Waals surface area contributed by atoms with Crippen LogP contribution in [0.4, 0.5) is 11.8 Å². The molecule has 4 rings (SSSR count). The molecule has 2 aliphatic heterocycles. The first-order chi connectivity index (χ1) is 12.9. The number of halogens is 1. The van der Waals surface area contributed by atoms with Gasteiger partial charge in [-0.05, 0) is 32.6 Å². The number of fused-ring (bicyclic) bond motifs is 1. The van der Waals surface area contributed by atoms with Crippen LogP contribution < -0.4 is 10.6 Å². The van der Waals surface area contributed by atoms with E-state index in [0.29, 0.717) is 55.6 Å². The molecule has 8 heteroatoms. The lowest BCUT2D eigenvalue weighted by Crippen LogP contribution is -2.61. The van der Waals surface area contributed by atoms with E-state index < -0.39 is 5.60 Å². The lowest BCUT2D eigenvalue weighted by Gasteiger charge is -2.50. The molecule has 7 nitrogen and oxygen atoms in total.